The summed E-state index contributed by atoms with van der Waals surface area (Å²) in [6, 6.07) is 0.328. The topological polar surface area (TPSA) is 133 Å². The quantitative estimate of drug-likeness (QED) is 0.280. The van der Waals surface area contributed by atoms with Gasteiger partial charge in [0.2, 0.25) is 10.0 Å². The van der Waals surface area contributed by atoms with E-state index in [-0.39, 0.29) is 59.7 Å². The zero-order valence-corrected chi connectivity index (χ0v) is 23.9. The van der Waals surface area contributed by atoms with Crippen LogP contribution in [0.1, 0.15) is 66.7 Å². The Bertz CT molecular complexity index is 1040. The van der Waals surface area contributed by atoms with Crippen LogP contribution in [0.4, 0.5) is 0 Å². The molecule has 7 fully saturated rings. The summed E-state index contributed by atoms with van der Waals surface area (Å²) < 4.78 is 57.3. The first-order valence-electron chi connectivity index (χ1n) is 14.5. The van der Waals surface area contributed by atoms with Gasteiger partial charge < -0.3 is 23.7 Å². The number of epoxide rings is 4. The van der Waals surface area contributed by atoms with Crippen molar-refractivity contribution in [1.82, 2.24) is 20.3 Å². The first-order valence-corrected chi connectivity index (χ1v) is 16.1. The summed E-state index contributed by atoms with van der Waals surface area (Å²) >= 11 is 0. The van der Waals surface area contributed by atoms with E-state index in [0.29, 0.717) is 17.9 Å². The number of hydrogen-bond donors (Lipinski definition) is 3. The Balaban J connectivity index is 0.901. The number of sulfonamides is 1. The highest BCUT2D eigenvalue weighted by Crippen LogP contribution is 2.58. The third-order valence-electron chi connectivity index (χ3n) is 9.09. The smallest absolute Gasteiger partial charge is 0.216 e. The Hall–Kier alpha value is -0.410. The van der Waals surface area contributed by atoms with Crippen molar-refractivity contribution in [1.29, 1.82) is 0 Å². The first kappa shape index (κ1) is 26.5. The molecule has 11 unspecified atom stereocenters. The molecular weight excluding hydrogens is 512 g/mol. The fourth-order valence-corrected chi connectivity index (χ4v) is 8.16. The van der Waals surface area contributed by atoms with E-state index in [9.17, 15) is 8.42 Å². The summed E-state index contributed by atoms with van der Waals surface area (Å²) in [6.07, 6.45) is 4.30. The molecule has 0 aromatic carbocycles. The molecule has 0 bridgehead atoms. The summed E-state index contributed by atoms with van der Waals surface area (Å²) in [6.45, 7) is 12.3. The number of hydrogen-bond acceptors (Lipinski definition) is 10. The first-order chi connectivity index (χ1) is 18.0. The molecule has 38 heavy (non-hydrogen) atoms. The predicted octanol–water partition coefficient (Wildman–Crippen LogP) is 0.799. The summed E-state index contributed by atoms with van der Waals surface area (Å²) in [5.41, 5.74) is -0.435. The number of nitrogens with one attached hydrogen (secondary N) is 3. The minimum atomic E-state index is -3.27. The van der Waals surface area contributed by atoms with Crippen LogP contribution in [0.3, 0.4) is 0 Å². The van der Waals surface area contributed by atoms with Crippen LogP contribution in [-0.4, -0.2) is 98.4 Å². The molecule has 0 radical (unpaired) electrons. The lowest BCUT2D eigenvalue weighted by Crippen LogP contribution is -2.47. The fourth-order valence-electron chi connectivity index (χ4n) is 6.71. The Labute approximate surface area is 226 Å². The van der Waals surface area contributed by atoms with Gasteiger partial charge in [-0.05, 0) is 64.7 Å². The van der Waals surface area contributed by atoms with E-state index in [1.54, 1.807) is 0 Å². The molecule has 5 heterocycles. The second-order valence-corrected chi connectivity index (χ2v) is 15.7. The minimum Gasteiger partial charge on any atom is -0.352 e. The molecular formula is C26H44N4O7S. The zero-order valence-electron chi connectivity index (χ0n) is 23.1. The number of ether oxygens (including phenoxy) is 5. The van der Waals surface area contributed by atoms with Gasteiger partial charge in [0.05, 0.1) is 16.4 Å². The van der Waals surface area contributed by atoms with Crippen LogP contribution in [0.5, 0.6) is 0 Å². The van der Waals surface area contributed by atoms with Crippen LogP contribution in [-0.2, 0) is 33.7 Å². The molecule has 11 atom stereocenters. The fraction of sp³-hybridized carbons (Fsp3) is 1.00. The molecule has 2 saturated carbocycles. The lowest BCUT2D eigenvalue weighted by molar-refractivity contribution is -0.0571. The molecule has 7 rings (SSSR count). The average Bonchev–Trinajstić information content (AvgIpc) is 3.63. The van der Waals surface area contributed by atoms with E-state index < -0.39 is 16.3 Å². The normalized spacial score (nSPS) is 47.9. The van der Waals surface area contributed by atoms with Crippen molar-refractivity contribution in [2.24, 2.45) is 11.8 Å². The van der Waals surface area contributed by atoms with E-state index in [0.717, 1.165) is 45.2 Å². The van der Waals surface area contributed by atoms with E-state index in [1.807, 2.05) is 20.8 Å². The second-order valence-electron chi connectivity index (χ2n) is 13.7. The van der Waals surface area contributed by atoms with Crippen molar-refractivity contribution in [2.45, 2.75) is 139 Å². The molecule has 5 aliphatic heterocycles. The van der Waals surface area contributed by atoms with Gasteiger partial charge >= 0.3 is 0 Å². The van der Waals surface area contributed by atoms with Gasteiger partial charge in [0, 0.05) is 19.1 Å². The summed E-state index contributed by atoms with van der Waals surface area (Å²) in [4.78, 5) is 2.47. The maximum Gasteiger partial charge on any atom is 0.216 e. The van der Waals surface area contributed by atoms with E-state index in [4.69, 9.17) is 23.7 Å². The Morgan fingerprint density at radius 3 is 2.53 bits per heavy atom. The Kier molecular flexibility index (Phi) is 6.30. The van der Waals surface area contributed by atoms with Gasteiger partial charge in [-0.2, -0.15) is 4.72 Å². The predicted molar refractivity (Wildman–Crippen MR) is 137 cm³/mol. The van der Waals surface area contributed by atoms with Gasteiger partial charge in [0.1, 0.15) is 37.0 Å². The maximum absolute atomic E-state index is 12.4. The number of likely N-dealkylation sites (tertiary alicyclic amines) is 1. The minimum absolute atomic E-state index is 0.0280. The molecule has 5 saturated heterocycles. The van der Waals surface area contributed by atoms with E-state index in [1.165, 1.54) is 0 Å². The highest BCUT2D eigenvalue weighted by Gasteiger charge is 2.71. The third kappa shape index (κ3) is 5.31. The van der Waals surface area contributed by atoms with Crippen molar-refractivity contribution in [3.8, 4) is 0 Å². The summed E-state index contributed by atoms with van der Waals surface area (Å²) in [5.74, 6) is 0.940. The van der Waals surface area contributed by atoms with Crippen molar-refractivity contribution >= 4 is 10.0 Å². The van der Waals surface area contributed by atoms with Crippen molar-refractivity contribution < 1.29 is 32.1 Å². The van der Waals surface area contributed by atoms with Gasteiger partial charge in [0.25, 0.3) is 0 Å². The van der Waals surface area contributed by atoms with Crippen LogP contribution in [0.2, 0.25) is 0 Å². The summed E-state index contributed by atoms with van der Waals surface area (Å²) in [5, 5.41) is 6.97. The van der Waals surface area contributed by atoms with Crippen molar-refractivity contribution in [3.05, 3.63) is 0 Å². The molecule has 216 valence electrons. The third-order valence-corrected chi connectivity index (χ3v) is 11.0. The van der Waals surface area contributed by atoms with Crippen LogP contribution in [0, 0.1) is 11.8 Å². The standard InChI is InChI=1S/C26H44N4O7S/c1-13(2)15-11-26(15,19-21(35-19)29-38(31,32)14-8-9-14)28-20-18(34-20)16-7-6-10-30(16)23-17(33-23)12-27-22-24(36-22)37-25(3,4)5/h13-24,27-29H,6-12H2,1-5H3. The Morgan fingerprint density at radius 1 is 1.05 bits per heavy atom. The molecule has 0 spiro atoms. The molecule has 3 N–H and O–H groups in total. The molecule has 11 nitrogen and oxygen atoms in total. The van der Waals surface area contributed by atoms with Gasteiger partial charge in [-0.25, -0.2) is 8.42 Å². The van der Waals surface area contributed by atoms with Gasteiger partial charge in [-0.15, -0.1) is 0 Å². The Morgan fingerprint density at radius 2 is 1.84 bits per heavy atom. The highest BCUT2D eigenvalue weighted by atomic mass is 32.2. The molecule has 0 amide bonds. The van der Waals surface area contributed by atoms with Crippen LogP contribution in [0.15, 0.2) is 0 Å². The molecule has 2 aliphatic carbocycles. The lowest BCUT2D eigenvalue weighted by Gasteiger charge is -2.22. The SMILES string of the molecule is CC(C)C1CC1(NC1OC1C1CCCN1C1OC1CNC1OC1OC(C)(C)C)C1OC1NS(=O)(=O)C1CC1. The molecule has 12 heteroatoms. The lowest BCUT2D eigenvalue weighted by atomic mass is 10.0. The van der Waals surface area contributed by atoms with Crippen LogP contribution < -0.4 is 15.4 Å². The van der Waals surface area contributed by atoms with Crippen LogP contribution in [0.25, 0.3) is 0 Å². The summed E-state index contributed by atoms with van der Waals surface area (Å²) in [7, 11) is -3.27. The molecule has 0 aromatic heterocycles. The monoisotopic (exact) mass is 556 g/mol. The second kappa shape index (κ2) is 9.04. The largest absolute Gasteiger partial charge is 0.352 e. The maximum atomic E-state index is 12.4. The van der Waals surface area contributed by atoms with Gasteiger partial charge in [-0.3, -0.25) is 15.5 Å². The van der Waals surface area contributed by atoms with Crippen molar-refractivity contribution in [2.75, 3.05) is 13.1 Å². The zero-order chi connectivity index (χ0) is 26.6. The van der Waals surface area contributed by atoms with E-state index >= 15 is 0 Å². The van der Waals surface area contributed by atoms with Crippen LogP contribution >= 0.6 is 0 Å². The van der Waals surface area contributed by atoms with Crippen molar-refractivity contribution in [3.63, 3.8) is 0 Å². The van der Waals surface area contributed by atoms with Gasteiger partial charge in [0.15, 0.2) is 12.5 Å². The average molecular weight is 557 g/mol. The highest BCUT2D eigenvalue weighted by molar-refractivity contribution is 7.90. The number of rotatable bonds is 13. The molecule has 0 aromatic rings. The van der Waals surface area contributed by atoms with Gasteiger partial charge in [-0.1, -0.05) is 13.8 Å². The number of nitrogens with zero attached hydrogens (tertiary/aromatic N) is 1. The molecule has 7 aliphatic rings. The van der Waals surface area contributed by atoms with E-state index in [2.05, 4.69) is 34.1 Å².